The Labute approximate surface area is 203 Å². The number of hydrogen-bond acceptors (Lipinski definition) is 2. The second-order valence-electron chi connectivity index (χ2n) is 9.44. The van der Waals surface area contributed by atoms with Crippen molar-refractivity contribution in [3.8, 4) is 0 Å². The summed E-state index contributed by atoms with van der Waals surface area (Å²) >= 11 is 0. The number of aromatic nitrogens is 2. The van der Waals surface area contributed by atoms with Gasteiger partial charge >= 0.3 is 0 Å². The number of nitrogens with one attached hydrogen (secondary N) is 1. The van der Waals surface area contributed by atoms with E-state index in [0.29, 0.717) is 12.5 Å². The summed E-state index contributed by atoms with van der Waals surface area (Å²) in [7, 11) is 0. The molecule has 0 spiro atoms. The Hall–Kier alpha value is -3.40. The first-order chi connectivity index (χ1) is 16.5. The van der Waals surface area contributed by atoms with Crippen LogP contribution in [0.5, 0.6) is 0 Å². The quantitative estimate of drug-likeness (QED) is 0.273. The number of aryl methyl sites for hydroxylation is 2. The summed E-state index contributed by atoms with van der Waals surface area (Å²) in [4.78, 5) is 17.2. The van der Waals surface area contributed by atoms with Crippen LogP contribution in [0.25, 0.3) is 11.0 Å². The number of unbranched alkanes of at least 4 members (excludes halogenated alkanes) is 2. The third-order valence-corrected chi connectivity index (χ3v) is 6.36. The smallest absolute Gasteiger partial charge is 0.251 e. The van der Waals surface area contributed by atoms with E-state index in [1.54, 1.807) is 0 Å². The lowest BCUT2D eigenvalue weighted by atomic mass is 10.0. The summed E-state index contributed by atoms with van der Waals surface area (Å²) in [6.45, 7) is 7.99. The monoisotopic (exact) mass is 453 g/mol. The van der Waals surface area contributed by atoms with Crippen LogP contribution in [0.4, 0.5) is 0 Å². The van der Waals surface area contributed by atoms with Crippen molar-refractivity contribution >= 4 is 16.9 Å². The molecular formula is C30H35N3O. The first-order valence-corrected chi connectivity index (χ1v) is 12.4. The van der Waals surface area contributed by atoms with E-state index in [0.717, 1.165) is 54.7 Å². The number of amides is 1. The fourth-order valence-electron chi connectivity index (χ4n) is 4.36. The highest BCUT2D eigenvalue weighted by Crippen LogP contribution is 2.21. The number of imidazole rings is 1. The highest BCUT2D eigenvalue weighted by Gasteiger charge is 2.11. The van der Waals surface area contributed by atoms with Crippen LogP contribution in [-0.4, -0.2) is 22.0 Å². The standard InChI is InChI=1S/C30H35N3O/c1-22(2)25-17-15-24(16-18-25)21-33-28-13-7-6-12-27(28)32-29(33)14-5-4-8-19-31-30(34)26-11-9-10-23(3)20-26/h6-7,9-13,15-18,20,22H,4-5,8,14,19,21H2,1-3H3,(H,31,34). The second-order valence-corrected chi connectivity index (χ2v) is 9.44. The van der Waals surface area contributed by atoms with Crippen molar-refractivity contribution in [3.63, 3.8) is 0 Å². The molecule has 0 saturated heterocycles. The third kappa shape index (κ3) is 5.93. The molecule has 4 nitrogen and oxygen atoms in total. The fraction of sp³-hybridized carbons (Fsp3) is 0.333. The van der Waals surface area contributed by atoms with Gasteiger partial charge in [-0.2, -0.15) is 0 Å². The maximum atomic E-state index is 12.3. The summed E-state index contributed by atoms with van der Waals surface area (Å²) in [6, 6.07) is 25.1. The number of carbonyl (C=O) groups is 1. The Morgan fingerprint density at radius 2 is 1.74 bits per heavy atom. The zero-order valence-electron chi connectivity index (χ0n) is 20.6. The molecule has 0 atom stereocenters. The zero-order valence-corrected chi connectivity index (χ0v) is 20.6. The lowest BCUT2D eigenvalue weighted by Crippen LogP contribution is -2.24. The van der Waals surface area contributed by atoms with Crippen molar-refractivity contribution in [2.45, 2.75) is 58.9 Å². The number of benzene rings is 3. The van der Waals surface area contributed by atoms with E-state index in [1.807, 2.05) is 31.2 Å². The van der Waals surface area contributed by atoms with Crippen molar-refractivity contribution in [2.24, 2.45) is 0 Å². The average Bonchev–Trinajstić information content (AvgIpc) is 3.18. The third-order valence-electron chi connectivity index (χ3n) is 6.36. The molecule has 0 aliphatic heterocycles. The van der Waals surface area contributed by atoms with Crippen molar-refractivity contribution in [1.29, 1.82) is 0 Å². The topological polar surface area (TPSA) is 46.9 Å². The molecule has 0 saturated carbocycles. The molecule has 0 unspecified atom stereocenters. The predicted molar refractivity (Wildman–Crippen MR) is 140 cm³/mol. The van der Waals surface area contributed by atoms with E-state index in [-0.39, 0.29) is 5.91 Å². The number of hydrogen-bond donors (Lipinski definition) is 1. The van der Waals surface area contributed by atoms with E-state index in [1.165, 1.54) is 16.6 Å². The molecule has 0 aliphatic rings. The molecule has 0 radical (unpaired) electrons. The van der Waals surface area contributed by atoms with Crippen molar-refractivity contribution in [1.82, 2.24) is 14.9 Å². The van der Waals surface area contributed by atoms with Crippen LogP contribution < -0.4 is 5.32 Å². The molecule has 0 bridgehead atoms. The molecular weight excluding hydrogens is 418 g/mol. The van der Waals surface area contributed by atoms with Crippen LogP contribution in [0, 0.1) is 6.92 Å². The highest BCUT2D eigenvalue weighted by molar-refractivity contribution is 5.94. The number of carbonyl (C=O) groups excluding carboxylic acids is 1. The maximum absolute atomic E-state index is 12.3. The van der Waals surface area contributed by atoms with Gasteiger partial charge in [0.2, 0.25) is 0 Å². The first-order valence-electron chi connectivity index (χ1n) is 12.4. The predicted octanol–water partition coefficient (Wildman–Crippen LogP) is 6.66. The molecule has 0 fully saturated rings. The van der Waals surface area contributed by atoms with Crippen LogP contribution >= 0.6 is 0 Å². The van der Waals surface area contributed by atoms with E-state index < -0.39 is 0 Å². The summed E-state index contributed by atoms with van der Waals surface area (Å²) in [5.41, 5.74) is 6.75. The van der Waals surface area contributed by atoms with Gasteiger partial charge < -0.3 is 9.88 Å². The van der Waals surface area contributed by atoms with Gasteiger partial charge in [0.1, 0.15) is 5.82 Å². The minimum atomic E-state index is 0.00831. The van der Waals surface area contributed by atoms with Crippen LogP contribution in [0.15, 0.2) is 72.8 Å². The molecule has 1 aromatic heterocycles. The highest BCUT2D eigenvalue weighted by atomic mass is 16.1. The Morgan fingerprint density at radius 3 is 2.50 bits per heavy atom. The normalized spacial score (nSPS) is 11.3. The van der Waals surface area contributed by atoms with Crippen LogP contribution in [-0.2, 0) is 13.0 Å². The van der Waals surface area contributed by atoms with E-state index >= 15 is 0 Å². The maximum Gasteiger partial charge on any atom is 0.251 e. The minimum absolute atomic E-state index is 0.00831. The molecule has 3 aromatic carbocycles. The molecule has 1 N–H and O–H groups in total. The van der Waals surface area contributed by atoms with Gasteiger partial charge in [-0.25, -0.2) is 4.98 Å². The van der Waals surface area contributed by atoms with Gasteiger partial charge in [0, 0.05) is 25.1 Å². The number of nitrogens with zero attached hydrogens (tertiary/aromatic N) is 2. The molecule has 1 heterocycles. The van der Waals surface area contributed by atoms with Crippen LogP contribution in [0.1, 0.15) is 71.9 Å². The average molecular weight is 454 g/mol. The summed E-state index contributed by atoms with van der Waals surface area (Å²) < 4.78 is 2.36. The zero-order chi connectivity index (χ0) is 23.9. The van der Waals surface area contributed by atoms with Crippen LogP contribution in [0.2, 0.25) is 0 Å². The van der Waals surface area contributed by atoms with Gasteiger partial charge in [-0.05, 0) is 61.1 Å². The lowest BCUT2D eigenvalue weighted by molar-refractivity contribution is 0.0953. The molecule has 1 amide bonds. The Kier molecular flexibility index (Phi) is 7.79. The molecule has 4 rings (SSSR count). The first kappa shape index (κ1) is 23.7. The van der Waals surface area contributed by atoms with E-state index in [9.17, 15) is 4.79 Å². The van der Waals surface area contributed by atoms with Gasteiger partial charge in [0.15, 0.2) is 0 Å². The van der Waals surface area contributed by atoms with E-state index in [4.69, 9.17) is 4.98 Å². The summed E-state index contributed by atoms with van der Waals surface area (Å²) in [5.74, 6) is 1.69. The second kappa shape index (κ2) is 11.1. The van der Waals surface area contributed by atoms with Crippen molar-refractivity contribution in [3.05, 3.63) is 101 Å². The van der Waals surface area contributed by atoms with Crippen LogP contribution in [0.3, 0.4) is 0 Å². The molecule has 0 aliphatic carbocycles. The number of para-hydroxylation sites is 2. The molecule has 4 heteroatoms. The largest absolute Gasteiger partial charge is 0.352 e. The van der Waals surface area contributed by atoms with Gasteiger partial charge in [0.05, 0.1) is 11.0 Å². The molecule has 34 heavy (non-hydrogen) atoms. The Morgan fingerprint density at radius 1 is 0.941 bits per heavy atom. The van der Waals surface area contributed by atoms with Gasteiger partial charge in [-0.15, -0.1) is 0 Å². The van der Waals surface area contributed by atoms with Gasteiger partial charge in [-0.1, -0.05) is 74.4 Å². The molecule has 176 valence electrons. The SMILES string of the molecule is Cc1cccc(C(=O)NCCCCCc2nc3ccccc3n2Cc2ccc(C(C)C)cc2)c1. The van der Waals surface area contributed by atoms with Gasteiger partial charge in [0.25, 0.3) is 5.91 Å². The Bertz CT molecular complexity index is 1240. The van der Waals surface area contributed by atoms with E-state index in [2.05, 4.69) is 72.3 Å². The Balaban J connectivity index is 1.33. The van der Waals surface area contributed by atoms with Crippen molar-refractivity contribution < 1.29 is 4.79 Å². The number of fused-ring (bicyclic) bond motifs is 1. The lowest BCUT2D eigenvalue weighted by Gasteiger charge is -2.11. The fourth-order valence-corrected chi connectivity index (χ4v) is 4.36. The molecule has 4 aromatic rings. The minimum Gasteiger partial charge on any atom is -0.352 e. The van der Waals surface area contributed by atoms with Crippen molar-refractivity contribution in [2.75, 3.05) is 6.54 Å². The summed E-state index contributed by atoms with van der Waals surface area (Å²) in [6.07, 6.45) is 4.01. The number of rotatable bonds is 10. The van der Waals surface area contributed by atoms with Gasteiger partial charge in [-0.3, -0.25) is 4.79 Å². The summed E-state index contributed by atoms with van der Waals surface area (Å²) in [5, 5.41) is 3.04.